The maximum atomic E-state index is 5.84. The minimum Gasteiger partial charge on any atom is -0.444 e. The van der Waals surface area contributed by atoms with Gasteiger partial charge in [-0.15, -0.1) is 0 Å². The Kier molecular flexibility index (Phi) is 4.34. The molecule has 0 saturated heterocycles. The molecule has 0 spiro atoms. The summed E-state index contributed by atoms with van der Waals surface area (Å²) < 4.78 is 5.42. The lowest BCUT2D eigenvalue weighted by Gasteiger charge is -2.18. The van der Waals surface area contributed by atoms with Crippen molar-refractivity contribution in [1.82, 2.24) is 9.88 Å². The van der Waals surface area contributed by atoms with Crippen LogP contribution in [0.3, 0.4) is 0 Å². The Morgan fingerprint density at radius 1 is 1.38 bits per heavy atom. The van der Waals surface area contributed by atoms with Crippen LogP contribution in [0.2, 0.25) is 0 Å². The SMILES string of the molecule is CCN(CC)C(N)=NCc1nc(C)c(C)o1. The zero-order chi connectivity index (χ0) is 12.1. The second-order valence-corrected chi connectivity index (χ2v) is 3.60. The highest BCUT2D eigenvalue weighted by molar-refractivity contribution is 5.77. The summed E-state index contributed by atoms with van der Waals surface area (Å²) in [5.41, 5.74) is 6.75. The van der Waals surface area contributed by atoms with Gasteiger partial charge in [0.25, 0.3) is 0 Å². The van der Waals surface area contributed by atoms with Crippen LogP contribution in [-0.4, -0.2) is 28.9 Å². The zero-order valence-corrected chi connectivity index (χ0v) is 10.4. The highest BCUT2D eigenvalue weighted by Gasteiger charge is 2.06. The first-order chi connectivity index (χ1) is 7.58. The van der Waals surface area contributed by atoms with Gasteiger partial charge in [0.2, 0.25) is 5.89 Å². The third-order valence-electron chi connectivity index (χ3n) is 2.54. The topological polar surface area (TPSA) is 67.7 Å². The molecule has 0 fully saturated rings. The van der Waals surface area contributed by atoms with E-state index in [1.807, 2.05) is 32.6 Å². The van der Waals surface area contributed by atoms with Gasteiger partial charge in [0.15, 0.2) is 5.96 Å². The quantitative estimate of drug-likeness (QED) is 0.621. The maximum Gasteiger partial charge on any atom is 0.216 e. The van der Waals surface area contributed by atoms with Crippen LogP contribution < -0.4 is 5.73 Å². The van der Waals surface area contributed by atoms with Gasteiger partial charge < -0.3 is 15.1 Å². The molecule has 2 N–H and O–H groups in total. The third-order valence-corrected chi connectivity index (χ3v) is 2.54. The van der Waals surface area contributed by atoms with E-state index in [2.05, 4.69) is 9.98 Å². The van der Waals surface area contributed by atoms with Gasteiger partial charge in [-0.05, 0) is 27.7 Å². The van der Waals surface area contributed by atoms with Crippen LogP contribution in [-0.2, 0) is 6.54 Å². The number of rotatable bonds is 4. The molecule has 90 valence electrons. The van der Waals surface area contributed by atoms with E-state index in [1.165, 1.54) is 0 Å². The molecule has 5 heteroatoms. The van der Waals surface area contributed by atoms with Crippen LogP contribution >= 0.6 is 0 Å². The van der Waals surface area contributed by atoms with Gasteiger partial charge in [-0.2, -0.15) is 0 Å². The molecule has 0 radical (unpaired) electrons. The lowest BCUT2D eigenvalue weighted by molar-refractivity contribution is 0.448. The molecule has 1 aromatic rings. The molecule has 0 atom stereocenters. The second kappa shape index (κ2) is 5.53. The molecular weight excluding hydrogens is 204 g/mol. The molecule has 1 aromatic heterocycles. The van der Waals surface area contributed by atoms with Crippen molar-refractivity contribution >= 4 is 5.96 Å². The Morgan fingerprint density at radius 2 is 2.00 bits per heavy atom. The summed E-state index contributed by atoms with van der Waals surface area (Å²) in [6, 6.07) is 0. The van der Waals surface area contributed by atoms with E-state index in [-0.39, 0.29) is 0 Å². The number of aryl methyl sites for hydroxylation is 2. The fraction of sp³-hybridized carbons (Fsp3) is 0.636. The largest absolute Gasteiger partial charge is 0.444 e. The van der Waals surface area contributed by atoms with Gasteiger partial charge in [0.1, 0.15) is 12.3 Å². The fourth-order valence-electron chi connectivity index (χ4n) is 1.40. The van der Waals surface area contributed by atoms with E-state index >= 15 is 0 Å². The molecule has 16 heavy (non-hydrogen) atoms. The summed E-state index contributed by atoms with van der Waals surface area (Å²) in [5.74, 6) is 2.00. The van der Waals surface area contributed by atoms with E-state index in [1.54, 1.807) is 0 Å². The number of nitrogens with two attached hydrogens (primary N) is 1. The van der Waals surface area contributed by atoms with Gasteiger partial charge in [-0.25, -0.2) is 9.98 Å². The Balaban J connectivity index is 2.65. The van der Waals surface area contributed by atoms with Gasteiger partial charge in [0, 0.05) is 13.1 Å². The van der Waals surface area contributed by atoms with E-state index in [0.717, 1.165) is 24.5 Å². The molecule has 0 aliphatic carbocycles. The van der Waals surface area contributed by atoms with Gasteiger partial charge in [-0.3, -0.25) is 0 Å². The second-order valence-electron chi connectivity index (χ2n) is 3.60. The molecule has 5 nitrogen and oxygen atoms in total. The lowest BCUT2D eigenvalue weighted by Crippen LogP contribution is -2.37. The van der Waals surface area contributed by atoms with E-state index in [4.69, 9.17) is 10.2 Å². The minimum absolute atomic E-state index is 0.400. The number of aromatic nitrogens is 1. The van der Waals surface area contributed by atoms with Crippen molar-refractivity contribution in [3.05, 3.63) is 17.3 Å². The number of oxazole rings is 1. The van der Waals surface area contributed by atoms with Crippen LogP contribution in [0, 0.1) is 13.8 Å². The molecule has 1 heterocycles. The van der Waals surface area contributed by atoms with Gasteiger partial charge in [0.05, 0.1) is 5.69 Å². The van der Waals surface area contributed by atoms with Gasteiger partial charge in [-0.1, -0.05) is 0 Å². The van der Waals surface area contributed by atoms with Crippen molar-refractivity contribution in [2.75, 3.05) is 13.1 Å². The average Bonchev–Trinajstić information content (AvgIpc) is 2.57. The first-order valence-electron chi connectivity index (χ1n) is 5.56. The third kappa shape index (κ3) is 2.98. The molecule has 0 saturated carbocycles. The van der Waals surface area contributed by atoms with Gasteiger partial charge >= 0.3 is 0 Å². The number of hydrogen-bond donors (Lipinski definition) is 1. The first-order valence-corrected chi connectivity index (χ1v) is 5.56. The minimum atomic E-state index is 0.400. The Hall–Kier alpha value is -1.52. The zero-order valence-electron chi connectivity index (χ0n) is 10.4. The monoisotopic (exact) mass is 224 g/mol. The molecule has 1 rings (SSSR count). The lowest BCUT2D eigenvalue weighted by atomic mass is 10.4. The van der Waals surface area contributed by atoms with E-state index < -0.39 is 0 Å². The molecule has 0 amide bonds. The summed E-state index contributed by atoms with van der Waals surface area (Å²) in [6.45, 7) is 10.0. The molecular formula is C11H20N4O. The van der Waals surface area contributed by atoms with Crippen LogP contribution in [0.1, 0.15) is 31.2 Å². The highest BCUT2D eigenvalue weighted by Crippen LogP contribution is 2.08. The highest BCUT2D eigenvalue weighted by atomic mass is 16.4. The first kappa shape index (κ1) is 12.5. The average molecular weight is 224 g/mol. The Morgan fingerprint density at radius 3 is 2.44 bits per heavy atom. The number of nitrogens with zero attached hydrogens (tertiary/aromatic N) is 3. The Labute approximate surface area is 96.4 Å². The molecule has 0 aromatic carbocycles. The van der Waals surface area contributed by atoms with Crippen molar-refractivity contribution in [3.8, 4) is 0 Å². The van der Waals surface area contributed by atoms with Crippen LogP contribution in [0.25, 0.3) is 0 Å². The summed E-state index contributed by atoms with van der Waals surface area (Å²) in [7, 11) is 0. The summed E-state index contributed by atoms with van der Waals surface area (Å²) in [6.07, 6.45) is 0. The van der Waals surface area contributed by atoms with Crippen LogP contribution in [0.4, 0.5) is 0 Å². The van der Waals surface area contributed by atoms with E-state index in [0.29, 0.717) is 18.4 Å². The van der Waals surface area contributed by atoms with Crippen molar-refractivity contribution < 1.29 is 4.42 Å². The van der Waals surface area contributed by atoms with Crippen molar-refractivity contribution in [1.29, 1.82) is 0 Å². The Bertz CT molecular complexity index is 347. The van der Waals surface area contributed by atoms with Crippen LogP contribution in [0.5, 0.6) is 0 Å². The van der Waals surface area contributed by atoms with Crippen molar-refractivity contribution in [2.24, 2.45) is 10.7 Å². The van der Waals surface area contributed by atoms with Crippen LogP contribution in [0.15, 0.2) is 9.41 Å². The summed E-state index contributed by atoms with van der Waals surface area (Å²) in [5, 5.41) is 0. The number of guanidine groups is 1. The van der Waals surface area contributed by atoms with E-state index in [9.17, 15) is 0 Å². The standard InChI is InChI=1S/C11H20N4O/c1-5-15(6-2)11(12)13-7-10-14-8(3)9(4)16-10/h5-7H2,1-4H3,(H2,12,13). The van der Waals surface area contributed by atoms with Crippen molar-refractivity contribution in [3.63, 3.8) is 0 Å². The molecule has 0 aliphatic rings. The summed E-state index contributed by atoms with van der Waals surface area (Å²) >= 11 is 0. The maximum absolute atomic E-state index is 5.84. The smallest absolute Gasteiger partial charge is 0.216 e. The predicted octanol–water partition coefficient (Wildman–Crippen LogP) is 1.45. The molecule has 0 unspecified atom stereocenters. The van der Waals surface area contributed by atoms with Crippen molar-refractivity contribution in [2.45, 2.75) is 34.2 Å². The number of hydrogen-bond acceptors (Lipinski definition) is 3. The summed E-state index contributed by atoms with van der Waals surface area (Å²) in [4.78, 5) is 10.5. The molecule has 0 aliphatic heterocycles. The predicted molar refractivity (Wildman–Crippen MR) is 64.2 cm³/mol. The molecule has 0 bridgehead atoms. The normalized spacial score (nSPS) is 11.9. The fourth-order valence-corrected chi connectivity index (χ4v) is 1.40. The number of aliphatic imine (C=N–C) groups is 1.